The number of ether oxygens (including phenoxy) is 1. The number of carbonyl (C=O) groups excluding carboxylic acids is 2. The lowest BCUT2D eigenvalue weighted by Crippen LogP contribution is -2.40. The second-order valence-corrected chi connectivity index (χ2v) is 11.0. The lowest BCUT2D eigenvalue weighted by molar-refractivity contribution is -0.119. The zero-order chi connectivity index (χ0) is 31.5. The fourth-order valence-electron chi connectivity index (χ4n) is 4.94. The monoisotopic (exact) mass is 637 g/mol. The summed E-state index contributed by atoms with van der Waals surface area (Å²) in [5, 5.41) is 9.43. The van der Waals surface area contributed by atoms with Crippen molar-refractivity contribution in [3.8, 4) is 28.3 Å². The van der Waals surface area contributed by atoms with Crippen molar-refractivity contribution in [2.24, 2.45) is 14.1 Å². The zero-order valence-corrected chi connectivity index (χ0v) is 25.6. The van der Waals surface area contributed by atoms with Gasteiger partial charge >= 0.3 is 5.69 Å². The molecule has 0 aliphatic carbocycles. The van der Waals surface area contributed by atoms with Crippen molar-refractivity contribution in [1.82, 2.24) is 29.7 Å². The predicted octanol–water partition coefficient (Wildman–Crippen LogP) is 3.14. The number of aromatic nitrogens is 4. The van der Waals surface area contributed by atoms with E-state index in [9.17, 15) is 19.2 Å². The summed E-state index contributed by atoms with van der Waals surface area (Å²) in [5.41, 5.74) is 1.61. The van der Waals surface area contributed by atoms with E-state index < -0.39 is 17.2 Å². The van der Waals surface area contributed by atoms with Crippen LogP contribution in [0.1, 0.15) is 28.8 Å². The molecule has 1 aromatic carbocycles. The number of amides is 2. The molecule has 2 amide bonds. The molecule has 0 unspecified atom stereocenters. The van der Waals surface area contributed by atoms with Gasteiger partial charge in [-0.25, -0.2) is 9.78 Å². The summed E-state index contributed by atoms with van der Waals surface area (Å²) in [4.78, 5) is 58.0. The first-order valence-corrected chi connectivity index (χ1v) is 14.4. The fourth-order valence-corrected chi connectivity index (χ4v) is 5.51. The van der Waals surface area contributed by atoms with Crippen molar-refractivity contribution in [3.05, 3.63) is 90.9 Å². The molecule has 1 fully saturated rings. The van der Waals surface area contributed by atoms with E-state index in [0.717, 1.165) is 21.1 Å². The summed E-state index contributed by atoms with van der Waals surface area (Å²) in [6.07, 6.45) is 5.67. The van der Waals surface area contributed by atoms with Crippen LogP contribution in [0.2, 0.25) is 10.0 Å². The van der Waals surface area contributed by atoms with Gasteiger partial charge in [-0.1, -0.05) is 41.4 Å². The Morgan fingerprint density at radius 2 is 1.84 bits per heavy atom. The summed E-state index contributed by atoms with van der Waals surface area (Å²) < 4.78 is 7.55. The highest BCUT2D eigenvalue weighted by atomic mass is 35.5. The molecule has 0 saturated carbocycles. The Balaban J connectivity index is 1.40. The SMILES string of the molecule is COc1nc(-c2cncc(-c3cccc(NC(=O)c4cn(C)c(=O)n(C)c4=O)c3Cl)c2Cl)ccc1CNC[C@H]1CCC(=O)N1. The van der Waals surface area contributed by atoms with Crippen molar-refractivity contribution in [2.75, 3.05) is 19.0 Å². The van der Waals surface area contributed by atoms with E-state index in [-0.39, 0.29) is 28.2 Å². The molecule has 4 heterocycles. The van der Waals surface area contributed by atoms with E-state index in [1.165, 1.54) is 27.4 Å². The van der Waals surface area contributed by atoms with E-state index in [0.29, 0.717) is 52.8 Å². The van der Waals surface area contributed by atoms with Crippen molar-refractivity contribution >= 4 is 40.7 Å². The lowest BCUT2D eigenvalue weighted by atomic mass is 10.0. The highest BCUT2D eigenvalue weighted by molar-refractivity contribution is 6.39. The largest absolute Gasteiger partial charge is 0.481 e. The first kappa shape index (κ1) is 30.9. The molecule has 1 aliphatic rings. The molecule has 1 aliphatic heterocycles. The molecule has 5 rings (SSSR count). The predicted molar refractivity (Wildman–Crippen MR) is 167 cm³/mol. The number of methoxy groups -OCH3 is 1. The molecule has 12 nitrogen and oxygen atoms in total. The maximum atomic E-state index is 13.0. The maximum Gasteiger partial charge on any atom is 0.330 e. The van der Waals surface area contributed by atoms with Crippen molar-refractivity contribution in [1.29, 1.82) is 0 Å². The number of nitrogens with one attached hydrogen (secondary N) is 3. The third-order valence-electron chi connectivity index (χ3n) is 7.31. The van der Waals surface area contributed by atoms with Gasteiger partial charge in [0.05, 0.1) is 28.5 Å². The Morgan fingerprint density at radius 1 is 1.07 bits per heavy atom. The van der Waals surface area contributed by atoms with E-state index >= 15 is 0 Å². The summed E-state index contributed by atoms with van der Waals surface area (Å²) in [5.74, 6) is -0.240. The van der Waals surface area contributed by atoms with Gasteiger partial charge in [-0.05, 0) is 18.6 Å². The smallest absolute Gasteiger partial charge is 0.330 e. The molecule has 44 heavy (non-hydrogen) atoms. The highest BCUT2D eigenvalue weighted by Crippen LogP contribution is 2.40. The average Bonchev–Trinajstić information content (AvgIpc) is 3.44. The molecule has 228 valence electrons. The lowest BCUT2D eigenvalue weighted by Gasteiger charge is -2.15. The van der Waals surface area contributed by atoms with Crippen molar-refractivity contribution in [3.63, 3.8) is 0 Å². The van der Waals surface area contributed by atoms with Crippen LogP contribution in [0.4, 0.5) is 5.69 Å². The van der Waals surface area contributed by atoms with Gasteiger partial charge in [0.25, 0.3) is 11.5 Å². The quantitative estimate of drug-likeness (QED) is 0.253. The van der Waals surface area contributed by atoms with E-state index in [1.807, 2.05) is 12.1 Å². The Labute approximate surface area is 262 Å². The Hall–Kier alpha value is -4.52. The fraction of sp³-hybridized carbons (Fsp3) is 0.267. The number of rotatable bonds is 9. The molecular formula is C30H29Cl2N7O5. The first-order valence-electron chi connectivity index (χ1n) is 13.6. The molecule has 0 radical (unpaired) electrons. The van der Waals surface area contributed by atoms with Crippen LogP contribution in [0.15, 0.2) is 58.5 Å². The van der Waals surface area contributed by atoms with Gasteiger partial charge in [0.2, 0.25) is 11.8 Å². The normalized spacial score (nSPS) is 14.4. The second-order valence-electron chi connectivity index (χ2n) is 10.3. The number of halogens is 2. The van der Waals surface area contributed by atoms with E-state index in [4.69, 9.17) is 27.9 Å². The van der Waals surface area contributed by atoms with Gasteiger partial charge in [0.1, 0.15) is 5.56 Å². The molecule has 14 heteroatoms. The van der Waals surface area contributed by atoms with Gasteiger partial charge in [-0.15, -0.1) is 0 Å². The van der Waals surface area contributed by atoms with Crippen LogP contribution in [0.3, 0.4) is 0 Å². The van der Waals surface area contributed by atoms with Crippen LogP contribution in [0.5, 0.6) is 5.88 Å². The van der Waals surface area contributed by atoms with Crippen LogP contribution in [-0.4, -0.2) is 50.6 Å². The van der Waals surface area contributed by atoms with Gasteiger partial charge in [-0.2, -0.15) is 0 Å². The number of aryl methyl sites for hydroxylation is 1. The Morgan fingerprint density at radius 3 is 2.57 bits per heavy atom. The highest BCUT2D eigenvalue weighted by Gasteiger charge is 2.22. The number of anilines is 1. The summed E-state index contributed by atoms with van der Waals surface area (Å²) in [6, 6.07) is 8.80. The molecule has 0 bridgehead atoms. The standard InChI is InChI=1S/C30H29Cl2N7O5/c1-38-15-21(29(42)39(2)30(38)43)27(41)36-23-6-4-5-18(26(23)32)19-13-34-14-20(25(19)31)22-9-7-16(28(37-22)44-3)11-33-12-17-8-10-24(40)35-17/h4-7,9,13-15,17,33H,8,10-12H2,1-3H3,(H,35,40)(H,36,41)/t17-/m1/s1. The molecule has 1 atom stereocenters. The number of hydrogen-bond acceptors (Lipinski definition) is 8. The van der Waals surface area contributed by atoms with Gasteiger partial charge < -0.3 is 25.3 Å². The maximum absolute atomic E-state index is 13.0. The van der Waals surface area contributed by atoms with E-state index in [2.05, 4.69) is 25.9 Å². The molecule has 3 aromatic heterocycles. The molecule has 0 spiro atoms. The van der Waals surface area contributed by atoms with Crippen LogP contribution in [0.25, 0.3) is 22.4 Å². The number of nitrogens with zero attached hydrogens (tertiary/aromatic N) is 4. The van der Waals surface area contributed by atoms with Crippen LogP contribution >= 0.6 is 23.2 Å². The number of carbonyl (C=O) groups is 2. The van der Waals surface area contributed by atoms with Crippen molar-refractivity contribution < 1.29 is 14.3 Å². The molecule has 3 N–H and O–H groups in total. The molecule has 4 aromatic rings. The van der Waals surface area contributed by atoms with Gasteiger partial charge in [0.15, 0.2) is 0 Å². The summed E-state index contributed by atoms with van der Waals surface area (Å²) >= 11 is 13.6. The van der Waals surface area contributed by atoms with Crippen LogP contribution in [-0.2, 0) is 25.4 Å². The minimum Gasteiger partial charge on any atom is -0.481 e. The second kappa shape index (κ2) is 13.0. The number of pyridine rings is 2. The Bertz CT molecular complexity index is 1890. The third-order valence-corrected chi connectivity index (χ3v) is 8.12. The van der Waals surface area contributed by atoms with E-state index in [1.54, 1.807) is 30.6 Å². The van der Waals surface area contributed by atoms with Gasteiger partial charge in [0, 0.05) is 80.5 Å². The van der Waals surface area contributed by atoms with Crippen LogP contribution in [0, 0.1) is 0 Å². The Kier molecular flexibility index (Phi) is 9.14. The average molecular weight is 639 g/mol. The molecule has 1 saturated heterocycles. The third kappa shape index (κ3) is 6.23. The topological polar surface area (TPSA) is 149 Å². The first-order chi connectivity index (χ1) is 21.1. The van der Waals surface area contributed by atoms with Crippen LogP contribution < -0.4 is 31.9 Å². The number of benzene rings is 1. The van der Waals surface area contributed by atoms with Gasteiger partial charge in [-0.3, -0.25) is 23.9 Å². The van der Waals surface area contributed by atoms with Crippen molar-refractivity contribution in [2.45, 2.75) is 25.4 Å². The number of hydrogen-bond donors (Lipinski definition) is 3. The summed E-state index contributed by atoms with van der Waals surface area (Å²) in [6.45, 7) is 1.13. The minimum absolute atomic E-state index is 0.0688. The summed E-state index contributed by atoms with van der Waals surface area (Å²) in [7, 11) is 4.28. The zero-order valence-electron chi connectivity index (χ0n) is 24.1. The minimum atomic E-state index is -0.732. The molecular weight excluding hydrogens is 609 g/mol.